The first kappa shape index (κ1) is 17.1. The maximum Gasteiger partial charge on any atom is 0.419 e. The van der Waals surface area contributed by atoms with Crippen molar-refractivity contribution < 1.29 is 14.3 Å². The molecule has 1 aromatic heterocycles. The highest BCUT2D eigenvalue weighted by atomic mass is 32.1. The third-order valence-electron chi connectivity index (χ3n) is 5.13. The summed E-state index contributed by atoms with van der Waals surface area (Å²) in [6.45, 7) is 3.04. The number of amides is 2. The molecule has 1 fully saturated rings. The Kier molecular flexibility index (Phi) is 4.42. The van der Waals surface area contributed by atoms with Crippen molar-refractivity contribution in [3.63, 3.8) is 0 Å². The highest BCUT2D eigenvalue weighted by molar-refractivity contribution is 7.08. The number of ether oxygens (including phenoxy) is 1. The number of nitrogens with one attached hydrogen (secondary N) is 1. The molecule has 1 N–H and O–H groups in total. The number of hydrogen-bond acceptors (Lipinski definition) is 5. The molecule has 2 aliphatic heterocycles. The van der Waals surface area contributed by atoms with Crippen LogP contribution in [0.25, 0.3) is 0 Å². The van der Waals surface area contributed by atoms with E-state index in [0.717, 1.165) is 19.4 Å². The second-order valence-electron chi connectivity index (χ2n) is 6.84. The van der Waals surface area contributed by atoms with Crippen molar-refractivity contribution in [1.82, 2.24) is 4.90 Å². The molecule has 1 aromatic carbocycles. The van der Waals surface area contributed by atoms with Crippen molar-refractivity contribution in [3.05, 3.63) is 40.6 Å². The summed E-state index contributed by atoms with van der Waals surface area (Å²) in [5, 5.41) is 6.45. The van der Waals surface area contributed by atoms with Gasteiger partial charge < -0.3 is 15.0 Å². The van der Waals surface area contributed by atoms with Gasteiger partial charge in [0.15, 0.2) is 0 Å². The molecule has 26 heavy (non-hydrogen) atoms. The monoisotopic (exact) mass is 371 g/mol. The molecule has 6 nitrogen and oxygen atoms in total. The third kappa shape index (κ3) is 2.97. The third-order valence-corrected chi connectivity index (χ3v) is 5.86. The molecule has 0 radical (unpaired) electrons. The van der Waals surface area contributed by atoms with E-state index < -0.39 is 6.09 Å². The van der Waals surface area contributed by atoms with Crippen molar-refractivity contribution in [1.29, 1.82) is 0 Å². The molecule has 4 rings (SSSR count). The molecule has 0 saturated carbocycles. The van der Waals surface area contributed by atoms with Gasteiger partial charge in [-0.3, -0.25) is 4.79 Å². The smallest absolute Gasteiger partial charge is 0.419 e. The Labute approximate surface area is 156 Å². The van der Waals surface area contributed by atoms with Gasteiger partial charge in [0.05, 0.1) is 22.6 Å². The summed E-state index contributed by atoms with van der Waals surface area (Å²) in [6, 6.07) is 7.67. The van der Waals surface area contributed by atoms with Crippen LogP contribution in [0.3, 0.4) is 0 Å². The standard InChI is InChI=1S/C19H21N3O3S/c1-12-9-13(7-8-21(12)2)25-19(24)22-16-6-4-3-5-15(16)20-18(23)14-10-26-11-17(14)22/h3-6,10-13H,7-9H2,1-2H3,(H,20,23)/t12-,13+/m0/s1. The van der Waals surface area contributed by atoms with Crippen molar-refractivity contribution in [3.8, 4) is 0 Å². The first-order valence-electron chi connectivity index (χ1n) is 8.72. The van der Waals surface area contributed by atoms with Crippen molar-refractivity contribution >= 4 is 40.4 Å². The van der Waals surface area contributed by atoms with Crippen molar-refractivity contribution in [2.75, 3.05) is 23.8 Å². The summed E-state index contributed by atoms with van der Waals surface area (Å²) < 4.78 is 5.85. The fraction of sp³-hybridized carbons (Fsp3) is 0.368. The molecule has 1 saturated heterocycles. The van der Waals surface area contributed by atoms with Crippen LogP contribution in [0.2, 0.25) is 0 Å². The Morgan fingerprint density at radius 2 is 2.08 bits per heavy atom. The first-order valence-corrected chi connectivity index (χ1v) is 9.66. The van der Waals surface area contributed by atoms with Gasteiger partial charge in [0.25, 0.3) is 5.91 Å². The zero-order chi connectivity index (χ0) is 18.3. The van der Waals surface area contributed by atoms with Crippen LogP contribution in [0.5, 0.6) is 0 Å². The minimum Gasteiger partial charge on any atom is -0.445 e. The number of rotatable bonds is 1. The zero-order valence-electron chi connectivity index (χ0n) is 14.8. The van der Waals surface area contributed by atoms with E-state index in [-0.39, 0.29) is 12.0 Å². The van der Waals surface area contributed by atoms with E-state index in [2.05, 4.69) is 24.2 Å². The predicted octanol–water partition coefficient (Wildman–Crippen LogP) is 4.07. The lowest BCUT2D eigenvalue weighted by molar-refractivity contribution is 0.0417. The van der Waals surface area contributed by atoms with E-state index in [1.54, 1.807) is 11.4 Å². The summed E-state index contributed by atoms with van der Waals surface area (Å²) in [5.41, 5.74) is 2.29. The highest BCUT2D eigenvalue weighted by Gasteiger charge is 2.33. The molecule has 2 atom stereocenters. The number of fused-ring (bicyclic) bond motifs is 2. The van der Waals surface area contributed by atoms with Crippen LogP contribution in [0.4, 0.5) is 21.9 Å². The van der Waals surface area contributed by atoms with Gasteiger partial charge in [-0.2, -0.15) is 0 Å². The van der Waals surface area contributed by atoms with Crippen molar-refractivity contribution in [2.24, 2.45) is 0 Å². The van der Waals surface area contributed by atoms with E-state index in [0.29, 0.717) is 28.7 Å². The van der Waals surface area contributed by atoms with Crippen LogP contribution in [-0.4, -0.2) is 42.6 Å². The number of piperidine rings is 1. The van der Waals surface area contributed by atoms with Crippen LogP contribution >= 0.6 is 11.3 Å². The summed E-state index contributed by atoms with van der Waals surface area (Å²) >= 11 is 1.39. The fourth-order valence-electron chi connectivity index (χ4n) is 3.47. The van der Waals surface area contributed by atoms with E-state index in [4.69, 9.17) is 4.74 Å². The van der Waals surface area contributed by atoms with Crippen LogP contribution < -0.4 is 10.2 Å². The van der Waals surface area contributed by atoms with Gasteiger partial charge in [0, 0.05) is 23.3 Å². The summed E-state index contributed by atoms with van der Waals surface area (Å²) in [4.78, 5) is 29.4. The van der Waals surface area contributed by atoms with E-state index in [1.165, 1.54) is 16.2 Å². The number of carbonyl (C=O) groups excluding carboxylic acids is 2. The van der Waals surface area contributed by atoms with Crippen LogP contribution in [0.1, 0.15) is 30.1 Å². The molecule has 0 bridgehead atoms. The quantitative estimate of drug-likeness (QED) is 0.821. The van der Waals surface area contributed by atoms with Gasteiger partial charge in [-0.1, -0.05) is 12.1 Å². The van der Waals surface area contributed by atoms with E-state index in [1.807, 2.05) is 23.6 Å². The number of hydrogen-bond donors (Lipinski definition) is 1. The lowest BCUT2D eigenvalue weighted by Gasteiger charge is -2.35. The molecule has 2 aromatic rings. The van der Waals surface area contributed by atoms with Gasteiger partial charge in [-0.15, -0.1) is 11.3 Å². The number of carbonyl (C=O) groups is 2. The maximum absolute atomic E-state index is 13.1. The molecule has 136 valence electrons. The highest BCUT2D eigenvalue weighted by Crippen LogP contribution is 2.40. The second kappa shape index (κ2) is 6.74. The number of benzene rings is 1. The van der Waals surface area contributed by atoms with Crippen LogP contribution in [-0.2, 0) is 4.74 Å². The van der Waals surface area contributed by atoms with E-state index >= 15 is 0 Å². The number of anilines is 3. The lowest BCUT2D eigenvalue weighted by Crippen LogP contribution is -2.42. The lowest BCUT2D eigenvalue weighted by atomic mass is 10.0. The summed E-state index contributed by atoms with van der Waals surface area (Å²) in [6.07, 6.45) is 1.08. The Balaban J connectivity index is 1.66. The maximum atomic E-state index is 13.1. The first-order chi connectivity index (χ1) is 12.5. The predicted molar refractivity (Wildman–Crippen MR) is 102 cm³/mol. The van der Waals surface area contributed by atoms with Gasteiger partial charge in [0.1, 0.15) is 6.10 Å². The molecule has 2 amide bonds. The minimum atomic E-state index is -0.435. The number of thiophene rings is 1. The van der Waals surface area contributed by atoms with Gasteiger partial charge >= 0.3 is 6.09 Å². The van der Waals surface area contributed by atoms with Gasteiger partial charge in [-0.05, 0) is 38.9 Å². The molecular weight excluding hydrogens is 350 g/mol. The Hall–Kier alpha value is -2.38. The van der Waals surface area contributed by atoms with Crippen molar-refractivity contribution in [2.45, 2.75) is 31.9 Å². The SMILES string of the molecule is C[C@H]1C[C@H](OC(=O)N2c3ccccc3NC(=O)c3cscc32)CCN1C. The molecule has 7 heteroatoms. The van der Waals surface area contributed by atoms with Crippen LogP contribution in [0, 0.1) is 0 Å². The topological polar surface area (TPSA) is 61.9 Å². The Bertz CT molecular complexity index is 850. The Morgan fingerprint density at radius 1 is 1.27 bits per heavy atom. The van der Waals surface area contributed by atoms with Gasteiger partial charge in [-0.25, -0.2) is 9.69 Å². The number of nitrogens with zero attached hydrogens (tertiary/aromatic N) is 2. The molecule has 0 aliphatic carbocycles. The number of para-hydroxylation sites is 2. The largest absolute Gasteiger partial charge is 0.445 e. The average molecular weight is 371 g/mol. The number of likely N-dealkylation sites (tertiary alicyclic amines) is 1. The zero-order valence-corrected chi connectivity index (χ0v) is 15.6. The normalized spacial score (nSPS) is 22.8. The van der Waals surface area contributed by atoms with E-state index in [9.17, 15) is 9.59 Å². The second-order valence-corrected chi connectivity index (χ2v) is 7.58. The summed E-state index contributed by atoms with van der Waals surface area (Å²) in [7, 11) is 2.09. The fourth-order valence-corrected chi connectivity index (χ4v) is 4.27. The van der Waals surface area contributed by atoms with Gasteiger partial charge in [0.2, 0.25) is 0 Å². The average Bonchev–Trinajstić information content (AvgIpc) is 3.05. The molecule has 3 heterocycles. The molecule has 0 unspecified atom stereocenters. The molecule has 2 aliphatic rings. The minimum absolute atomic E-state index is 0.116. The Morgan fingerprint density at radius 3 is 2.88 bits per heavy atom. The van der Waals surface area contributed by atoms with Crippen LogP contribution in [0.15, 0.2) is 35.0 Å². The molecular formula is C19H21N3O3S. The molecule has 0 spiro atoms. The summed E-state index contributed by atoms with van der Waals surface area (Å²) in [5.74, 6) is -0.211.